The summed E-state index contributed by atoms with van der Waals surface area (Å²) in [7, 11) is 1.60. The van der Waals surface area contributed by atoms with Crippen molar-refractivity contribution < 1.29 is 19.2 Å². The minimum Gasteiger partial charge on any atom is -0.497 e. The van der Waals surface area contributed by atoms with Crippen LogP contribution >= 0.6 is 11.8 Å². The molecule has 0 saturated carbocycles. The van der Waals surface area contributed by atoms with Crippen molar-refractivity contribution in [2.75, 3.05) is 36.2 Å². The summed E-state index contributed by atoms with van der Waals surface area (Å²) in [6, 6.07) is 12.9. The Hall–Kier alpha value is -3.27. The van der Waals surface area contributed by atoms with Crippen LogP contribution in [0.4, 0.5) is 21.9 Å². The standard InChI is InChI=1S/C21H22N4O5S/c1-30-18-8-6-16(7-9-18)24-19(26)14-31-21(24)10-12-23(13-11-21)20(27)22-15-2-4-17(5-3-15)25(28)29/h2-9H,10-14H2,1H3,(H,22,27). The number of nitrogens with one attached hydrogen (secondary N) is 1. The molecule has 2 heterocycles. The molecule has 0 bridgehead atoms. The predicted octanol–water partition coefficient (Wildman–Crippen LogP) is 3.71. The van der Waals surface area contributed by atoms with Crippen LogP contribution in [-0.2, 0) is 4.79 Å². The molecule has 3 amide bonds. The number of nitro benzene ring substituents is 1. The normalized spacial score (nSPS) is 17.6. The second-order valence-corrected chi connectivity index (χ2v) is 8.72. The van der Waals surface area contributed by atoms with Gasteiger partial charge in [-0.1, -0.05) is 0 Å². The van der Waals surface area contributed by atoms with E-state index in [0.29, 0.717) is 37.4 Å². The molecule has 9 nitrogen and oxygen atoms in total. The predicted molar refractivity (Wildman–Crippen MR) is 119 cm³/mol. The number of hydrogen-bond acceptors (Lipinski definition) is 6. The molecule has 10 heteroatoms. The highest BCUT2D eigenvalue weighted by Crippen LogP contribution is 2.47. The van der Waals surface area contributed by atoms with Gasteiger partial charge in [-0.05, 0) is 49.2 Å². The van der Waals surface area contributed by atoms with Crippen molar-refractivity contribution in [3.8, 4) is 5.75 Å². The van der Waals surface area contributed by atoms with E-state index in [4.69, 9.17) is 4.74 Å². The molecular formula is C21H22N4O5S. The molecule has 2 aromatic carbocycles. The zero-order valence-corrected chi connectivity index (χ0v) is 17.8. The van der Waals surface area contributed by atoms with Gasteiger partial charge in [0, 0.05) is 36.6 Å². The van der Waals surface area contributed by atoms with E-state index < -0.39 is 4.92 Å². The van der Waals surface area contributed by atoms with Crippen molar-refractivity contribution >= 4 is 40.8 Å². The molecule has 1 spiro atoms. The molecule has 0 radical (unpaired) electrons. The highest BCUT2D eigenvalue weighted by atomic mass is 32.2. The molecule has 31 heavy (non-hydrogen) atoms. The Morgan fingerprint density at radius 3 is 2.35 bits per heavy atom. The first-order valence-corrected chi connectivity index (χ1v) is 10.8. The van der Waals surface area contributed by atoms with E-state index in [2.05, 4.69) is 5.32 Å². The van der Waals surface area contributed by atoms with Gasteiger partial charge in [-0.2, -0.15) is 0 Å². The van der Waals surface area contributed by atoms with Gasteiger partial charge in [0.15, 0.2) is 0 Å². The van der Waals surface area contributed by atoms with E-state index in [0.717, 1.165) is 11.4 Å². The Balaban J connectivity index is 1.42. The van der Waals surface area contributed by atoms with Crippen LogP contribution in [0.5, 0.6) is 5.75 Å². The summed E-state index contributed by atoms with van der Waals surface area (Å²) in [6.45, 7) is 1.01. The molecule has 4 rings (SSSR count). The molecule has 2 saturated heterocycles. The fraction of sp³-hybridized carbons (Fsp3) is 0.333. The van der Waals surface area contributed by atoms with Crippen molar-refractivity contribution in [3.63, 3.8) is 0 Å². The Labute approximate surface area is 183 Å². The molecule has 162 valence electrons. The van der Waals surface area contributed by atoms with Crippen molar-refractivity contribution in [2.24, 2.45) is 0 Å². The number of non-ortho nitro benzene ring substituents is 1. The van der Waals surface area contributed by atoms with Crippen LogP contribution in [0.1, 0.15) is 12.8 Å². The Morgan fingerprint density at radius 1 is 1.13 bits per heavy atom. The first kappa shape index (κ1) is 21.0. The Bertz CT molecular complexity index is 988. The number of ether oxygens (including phenoxy) is 1. The van der Waals surface area contributed by atoms with E-state index in [1.165, 1.54) is 24.3 Å². The average molecular weight is 442 g/mol. The average Bonchev–Trinajstić information content (AvgIpc) is 3.10. The van der Waals surface area contributed by atoms with Crippen molar-refractivity contribution in [3.05, 3.63) is 58.6 Å². The lowest BCUT2D eigenvalue weighted by atomic mass is 10.0. The lowest BCUT2D eigenvalue weighted by Crippen LogP contribution is -2.53. The zero-order chi connectivity index (χ0) is 22.0. The third-order valence-electron chi connectivity index (χ3n) is 5.61. The molecular weight excluding hydrogens is 420 g/mol. The molecule has 2 aromatic rings. The number of piperidine rings is 1. The second-order valence-electron chi connectivity index (χ2n) is 7.38. The SMILES string of the molecule is COc1ccc(N2C(=O)CSC23CCN(C(=O)Nc2ccc([N+](=O)[O-])cc2)CC3)cc1. The lowest BCUT2D eigenvalue weighted by Gasteiger charge is -2.43. The van der Waals surface area contributed by atoms with Crippen molar-refractivity contribution in [1.29, 1.82) is 0 Å². The summed E-state index contributed by atoms with van der Waals surface area (Å²) in [5, 5.41) is 13.5. The van der Waals surface area contributed by atoms with Crippen LogP contribution < -0.4 is 15.0 Å². The summed E-state index contributed by atoms with van der Waals surface area (Å²) < 4.78 is 5.21. The smallest absolute Gasteiger partial charge is 0.321 e. The number of urea groups is 1. The van der Waals surface area contributed by atoms with Gasteiger partial charge in [0.2, 0.25) is 5.91 Å². The number of benzene rings is 2. The molecule has 0 aliphatic carbocycles. The first-order chi connectivity index (χ1) is 14.9. The van der Waals surface area contributed by atoms with Crippen LogP contribution in [-0.4, -0.2) is 52.6 Å². The topological polar surface area (TPSA) is 105 Å². The number of nitrogens with zero attached hydrogens (tertiary/aromatic N) is 3. The molecule has 0 unspecified atom stereocenters. The summed E-state index contributed by atoms with van der Waals surface area (Å²) >= 11 is 1.63. The van der Waals surface area contributed by atoms with Crippen LogP contribution in [0.15, 0.2) is 48.5 Å². The summed E-state index contributed by atoms with van der Waals surface area (Å²) in [6.07, 6.45) is 1.31. The summed E-state index contributed by atoms with van der Waals surface area (Å²) in [4.78, 5) is 38.8. The van der Waals surface area contributed by atoms with Gasteiger partial charge in [0.1, 0.15) is 5.75 Å². The van der Waals surface area contributed by atoms with Gasteiger partial charge in [0.05, 0.1) is 22.7 Å². The van der Waals surface area contributed by atoms with Crippen LogP contribution in [0.3, 0.4) is 0 Å². The number of hydrogen-bond donors (Lipinski definition) is 1. The number of likely N-dealkylation sites (tertiary alicyclic amines) is 1. The maximum Gasteiger partial charge on any atom is 0.321 e. The number of carbonyl (C=O) groups excluding carboxylic acids is 2. The number of amides is 3. The highest BCUT2D eigenvalue weighted by Gasteiger charge is 2.49. The van der Waals surface area contributed by atoms with E-state index in [1.807, 2.05) is 29.2 Å². The summed E-state index contributed by atoms with van der Waals surface area (Å²) in [5.74, 6) is 1.22. The van der Waals surface area contributed by atoms with Gasteiger partial charge < -0.3 is 15.0 Å². The first-order valence-electron chi connectivity index (χ1n) is 9.83. The molecule has 0 atom stereocenters. The monoisotopic (exact) mass is 442 g/mol. The molecule has 2 aliphatic heterocycles. The largest absolute Gasteiger partial charge is 0.497 e. The van der Waals surface area contributed by atoms with E-state index >= 15 is 0 Å². The van der Waals surface area contributed by atoms with Crippen molar-refractivity contribution in [1.82, 2.24) is 4.90 Å². The number of carbonyl (C=O) groups is 2. The van der Waals surface area contributed by atoms with E-state index in [9.17, 15) is 19.7 Å². The summed E-state index contributed by atoms with van der Waals surface area (Å²) in [5.41, 5.74) is 1.31. The van der Waals surface area contributed by atoms with Gasteiger partial charge >= 0.3 is 6.03 Å². The van der Waals surface area contributed by atoms with Gasteiger partial charge in [-0.25, -0.2) is 4.79 Å². The second kappa shape index (κ2) is 8.46. The number of thioether (sulfide) groups is 1. The molecule has 0 aromatic heterocycles. The fourth-order valence-corrected chi connectivity index (χ4v) is 5.29. The highest BCUT2D eigenvalue weighted by molar-refractivity contribution is 8.02. The lowest BCUT2D eigenvalue weighted by molar-refractivity contribution is -0.384. The number of anilines is 2. The van der Waals surface area contributed by atoms with Crippen LogP contribution in [0.25, 0.3) is 0 Å². The van der Waals surface area contributed by atoms with Gasteiger partial charge in [0.25, 0.3) is 5.69 Å². The maximum absolute atomic E-state index is 12.7. The zero-order valence-electron chi connectivity index (χ0n) is 16.9. The minimum absolute atomic E-state index is 0.0283. The number of rotatable bonds is 4. The van der Waals surface area contributed by atoms with Crippen LogP contribution in [0.2, 0.25) is 0 Å². The van der Waals surface area contributed by atoms with E-state index in [1.54, 1.807) is 23.8 Å². The minimum atomic E-state index is -0.481. The quantitative estimate of drug-likeness (QED) is 0.572. The maximum atomic E-state index is 12.7. The molecule has 2 fully saturated rings. The fourth-order valence-electron chi connectivity index (χ4n) is 3.96. The number of nitro groups is 1. The van der Waals surface area contributed by atoms with Crippen LogP contribution in [0, 0.1) is 10.1 Å². The van der Waals surface area contributed by atoms with Crippen molar-refractivity contribution in [2.45, 2.75) is 17.7 Å². The number of methoxy groups -OCH3 is 1. The molecule has 1 N–H and O–H groups in total. The Morgan fingerprint density at radius 2 is 1.77 bits per heavy atom. The molecule has 2 aliphatic rings. The van der Waals surface area contributed by atoms with Gasteiger partial charge in [-0.3, -0.25) is 19.8 Å². The third-order valence-corrected chi connectivity index (χ3v) is 7.13. The Kier molecular flexibility index (Phi) is 5.73. The van der Waals surface area contributed by atoms with Gasteiger partial charge in [-0.15, -0.1) is 11.8 Å². The third kappa shape index (κ3) is 4.15. The van der Waals surface area contributed by atoms with E-state index in [-0.39, 0.29) is 22.5 Å².